The highest BCUT2D eigenvalue weighted by Gasteiger charge is 2.47. The Morgan fingerprint density at radius 1 is 1.15 bits per heavy atom. The molecule has 0 aromatic carbocycles. The van der Waals surface area contributed by atoms with Crippen LogP contribution >= 0.6 is 0 Å². The van der Waals surface area contributed by atoms with E-state index in [9.17, 15) is 31.1 Å². The molecule has 1 amide bonds. The van der Waals surface area contributed by atoms with Crippen LogP contribution in [0.3, 0.4) is 0 Å². The molecule has 3 aromatic heterocycles. The molecule has 182 valence electrons. The van der Waals surface area contributed by atoms with Gasteiger partial charge in [0.15, 0.2) is 0 Å². The SMILES string of the molecule is NC(=O)c1c[nH]c(-c2[nH]ncc2CN2CCN(c3ccc(C(F)(F)F)cn3)[C@H](C(F)(F)F)C2)c1. The van der Waals surface area contributed by atoms with E-state index in [0.29, 0.717) is 23.1 Å². The zero-order valence-electron chi connectivity index (χ0n) is 17.4. The fourth-order valence-corrected chi connectivity index (χ4v) is 3.85. The van der Waals surface area contributed by atoms with Gasteiger partial charge in [0, 0.05) is 44.1 Å². The number of H-pyrrole nitrogens is 2. The first-order valence-electron chi connectivity index (χ1n) is 10.0. The molecule has 1 fully saturated rings. The molecule has 0 spiro atoms. The lowest BCUT2D eigenvalue weighted by atomic mass is 10.1. The van der Waals surface area contributed by atoms with E-state index in [0.717, 1.165) is 17.0 Å². The van der Waals surface area contributed by atoms with E-state index < -0.39 is 36.4 Å². The number of anilines is 1. The van der Waals surface area contributed by atoms with Gasteiger partial charge in [-0.15, -0.1) is 0 Å². The molecule has 1 saturated heterocycles. The Bertz CT molecular complexity index is 1150. The summed E-state index contributed by atoms with van der Waals surface area (Å²) in [5.41, 5.74) is 6.06. The van der Waals surface area contributed by atoms with E-state index in [-0.39, 0.29) is 31.0 Å². The summed E-state index contributed by atoms with van der Waals surface area (Å²) in [6.45, 7) is -0.188. The van der Waals surface area contributed by atoms with Crippen LogP contribution < -0.4 is 10.6 Å². The van der Waals surface area contributed by atoms with Crippen LogP contribution in [-0.4, -0.2) is 62.8 Å². The smallest absolute Gasteiger partial charge is 0.366 e. The maximum atomic E-state index is 13.9. The molecule has 0 radical (unpaired) electrons. The van der Waals surface area contributed by atoms with E-state index in [1.54, 1.807) is 4.90 Å². The van der Waals surface area contributed by atoms with Crippen LogP contribution in [0, 0.1) is 0 Å². The molecule has 3 aromatic rings. The van der Waals surface area contributed by atoms with Gasteiger partial charge in [0.05, 0.1) is 28.7 Å². The summed E-state index contributed by atoms with van der Waals surface area (Å²) in [4.78, 5) is 20.4. The highest BCUT2D eigenvalue weighted by Crippen LogP contribution is 2.34. The van der Waals surface area contributed by atoms with E-state index >= 15 is 0 Å². The van der Waals surface area contributed by atoms with Gasteiger partial charge in [-0.2, -0.15) is 31.4 Å². The number of rotatable bonds is 5. The second-order valence-corrected chi connectivity index (χ2v) is 7.83. The quantitative estimate of drug-likeness (QED) is 0.480. The Balaban J connectivity index is 1.52. The average Bonchev–Trinajstić information content (AvgIpc) is 3.42. The molecule has 4 heterocycles. The number of nitrogens with two attached hydrogens (primary N) is 1. The average molecular weight is 487 g/mol. The van der Waals surface area contributed by atoms with Gasteiger partial charge in [-0.25, -0.2) is 4.98 Å². The molecule has 1 atom stereocenters. The Morgan fingerprint density at radius 3 is 2.50 bits per heavy atom. The van der Waals surface area contributed by atoms with Crippen molar-refractivity contribution in [2.24, 2.45) is 5.73 Å². The molecule has 0 unspecified atom stereocenters. The lowest BCUT2D eigenvalue weighted by Gasteiger charge is -2.42. The first-order chi connectivity index (χ1) is 15.9. The molecule has 14 heteroatoms. The van der Waals surface area contributed by atoms with E-state index in [2.05, 4.69) is 20.2 Å². The molecular weight excluding hydrogens is 468 g/mol. The number of primary amides is 1. The summed E-state index contributed by atoms with van der Waals surface area (Å²) in [5.74, 6) is -0.811. The van der Waals surface area contributed by atoms with E-state index in [1.165, 1.54) is 18.5 Å². The number of alkyl halides is 6. The van der Waals surface area contributed by atoms with Crippen LogP contribution in [0.25, 0.3) is 11.4 Å². The number of hydrogen-bond acceptors (Lipinski definition) is 5. The van der Waals surface area contributed by atoms with Gasteiger partial charge in [0.25, 0.3) is 0 Å². The topological polar surface area (TPSA) is 107 Å². The number of amides is 1. The van der Waals surface area contributed by atoms with Gasteiger partial charge >= 0.3 is 12.4 Å². The fraction of sp³-hybridized carbons (Fsp3) is 0.350. The number of hydrogen-bond donors (Lipinski definition) is 3. The normalized spacial score (nSPS) is 17.8. The largest absolute Gasteiger partial charge is 0.417 e. The van der Waals surface area contributed by atoms with Crippen molar-refractivity contribution in [2.75, 3.05) is 24.5 Å². The van der Waals surface area contributed by atoms with Crippen molar-refractivity contribution in [1.82, 2.24) is 25.1 Å². The summed E-state index contributed by atoms with van der Waals surface area (Å²) >= 11 is 0. The predicted octanol–water partition coefficient (Wildman–Crippen LogP) is 3.17. The van der Waals surface area contributed by atoms with Crippen LogP contribution in [0.2, 0.25) is 0 Å². The summed E-state index contributed by atoms with van der Waals surface area (Å²) in [7, 11) is 0. The molecule has 0 saturated carbocycles. The highest BCUT2D eigenvalue weighted by atomic mass is 19.4. The first kappa shape index (κ1) is 23.6. The third kappa shape index (κ3) is 4.85. The third-order valence-corrected chi connectivity index (χ3v) is 5.56. The molecule has 0 bridgehead atoms. The number of carbonyl (C=O) groups is 1. The predicted molar refractivity (Wildman–Crippen MR) is 109 cm³/mol. The molecule has 8 nitrogen and oxygen atoms in total. The summed E-state index contributed by atoms with van der Waals surface area (Å²) in [6.07, 6.45) is -5.85. The van der Waals surface area contributed by atoms with E-state index in [4.69, 9.17) is 5.73 Å². The summed E-state index contributed by atoms with van der Waals surface area (Å²) in [6, 6.07) is 1.21. The van der Waals surface area contributed by atoms with Gasteiger partial charge in [0.1, 0.15) is 11.9 Å². The van der Waals surface area contributed by atoms with Crippen LogP contribution in [0.4, 0.5) is 32.2 Å². The standard InChI is InChI=1S/C20H19F6N7O/c21-19(22,23)13-1-2-16(29-8-13)33-4-3-32(10-15(33)20(24,25)26)9-12-7-30-31-17(12)14-5-11(6-28-14)18(27)34/h1-2,5-8,15,28H,3-4,9-10H2,(H2,27,34)(H,30,31)/t15-/m0/s1. The van der Waals surface area contributed by atoms with Crippen molar-refractivity contribution in [2.45, 2.75) is 24.9 Å². The fourth-order valence-electron chi connectivity index (χ4n) is 3.85. The van der Waals surface area contributed by atoms with Gasteiger partial charge in [-0.3, -0.25) is 14.8 Å². The Kier molecular flexibility index (Phi) is 6.02. The number of pyridine rings is 1. The molecular formula is C20H19F6N7O. The van der Waals surface area contributed by atoms with Crippen molar-refractivity contribution < 1.29 is 31.1 Å². The molecule has 1 aliphatic heterocycles. The Morgan fingerprint density at radius 2 is 1.91 bits per heavy atom. The van der Waals surface area contributed by atoms with Gasteiger partial charge in [-0.05, 0) is 18.2 Å². The van der Waals surface area contributed by atoms with Gasteiger partial charge in [0.2, 0.25) is 5.91 Å². The minimum absolute atomic E-state index is 0.0932. The maximum absolute atomic E-state index is 13.9. The highest BCUT2D eigenvalue weighted by molar-refractivity contribution is 5.93. The lowest BCUT2D eigenvalue weighted by Crippen LogP contribution is -2.59. The first-order valence-corrected chi connectivity index (χ1v) is 10.0. The minimum atomic E-state index is -4.64. The van der Waals surface area contributed by atoms with Gasteiger partial charge < -0.3 is 15.6 Å². The third-order valence-electron chi connectivity index (χ3n) is 5.56. The van der Waals surface area contributed by atoms with Crippen LogP contribution in [0.15, 0.2) is 36.8 Å². The monoisotopic (exact) mass is 487 g/mol. The number of nitrogens with zero attached hydrogens (tertiary/aromatic N) is 4. The number of carbonyl (C=O) groups excluding carboxylic acids is 1. The molecule has 0 aliphatic carbocycles. The van der Waals surface area contributed by atoms with Crippen molar-refractivity contribution in [3.05, 3.63) is 53.5 Å². The summed E-state index contributed by atoms with van der Waals surface area (Å²) in [5, 5.41) is 6.72. The van der Waals surface area contributed by atoms with Crippen molar-refractivity contribution in [1.29, 1.82) is 0 Å². The zero-order valence-corrected chi connectivity index (χ0v) is 17.4. The molecule has 4 rings (SSSR count). The Labute approximate surface area is 188 Å². The lowest BCUT2D eigenvalue weighted by molar-refractivity contribution is -0.157. The number of aromatic nitrogens is 4. The van der Waals surface area contributed by atoms with Crippen LogP contribution in [-0.2, 0) is 12.7 Å². The second kappa shape index (κ2) is 8.66. The Hall–Kier alpha value is -3.55. The molecule has 4 N–H and O–H groups in total. The minimum Gasteiger partial charge on any atom is -0.366 e. The maximum Gasteiger partial charge on any atom is 0.417 e. The number of aromatic amines is 2. The molecule has 34 heavy (non-hydrogen) atoms. The van der Waals surface area contributed by atoms with Crippen molar-refractivity contribution in [3.63, 3.8) is 0 Å². The van der Waals surface area contributed by atoms with Crippen LogP contribution in [0.1, 0.15) is 21.5 Å². The van der Waals surface area contributed by atoms with Crippen LogP contribution in [0.5, 0.6) is 0 Å². The summed E-state index contributed by atoms with van der Waals surface area (Å²) < 4.78 is 80.0. The zero-order chi connectivity index (χ0) is 24.7. The second-order valence-electron chi connectivity index (χ2n) is 7.83. The number of piperazine rings is 1. The van der Waals surface area contributed by atoms with Crippen molar-refractivity contribution in [3.8, 4) is 11.4 Å². The van der Waals surface area contributed by atoms with E-state index in [1.807, 2.05) is 0 Å². The number of halogens is 6. The molecule has 1 aliphatic rings. The van der Waals surface area contributed by atoms with Crippen molar-refractivity contribution >= 4 is 11.7 Å². The number of nitrogens with one attached hydrogen (secondary N) is 2. The van der Waals surface area contributed by atoms with Gasteiger partial charge in [-0.1, -0.05) is 0 Å².